The number of nitrogens with one attached hydrogen (secondary N) is 1. The summed E-state index contributed by atoms with van der Waals surface area (Å²) in [6, 6.07) is 11.8. The Bertz CT molecular complexity index is 1090. The van der Waals surface area contributed by atoms with E-state index in [1.54, 1.807) is 11.0 Å². The van der Waals surface area contributed by atoms with E-state index >= 15 is 0 Å². The summed E-state index contributed by atoms with van der Waals surface area (Å²) < 4.78 is 29.3. The zero-order valence-electron chi connectivity index (χ0n) is 17.2. The number of aryl methyl sites for hydroxylation is 1. The van der Waals surface area contributed by atoms with Crippen LogP contribution in [0.15, 0.2) is 45.8 Å². The van der Waals surface area contributed by atoms with Crippen molar-refractivity contribution in [1.82, 2.24) is 4.72 Å². The molecular weight excluding hydrogens is 466 g/mol. The molecule has 2 aromatic carbocycles. The van der Waals surface area contributed by atoms with Gasteiger partial charge in [-0.25, -0.2) is 13.1 Å². The van der Waals surface area contributed by atoms with E-state index in [2.05, 4.69) is 37.7 Å². The number of para-hydroxylation sites is 1. The van der Waals surface area contributed by atoms with Crippen LogP contribution in [0, 0.1) is 0 Å². The number of carbonyl (C=O) groups excluding carboxylic acids is 1. The lowest BCUT2D eigenvalue weighted by Crippen LogP contribution is -2.37. The highest BCUT2D eigenvalue weighted by atomic mass is 79.9. The van der Waals surface area contributed by atoms with Crippen molar-refractivity contribution in [2.75, 3.05) is 29.4 Å². The Morgan fingerprint density at radius 3 is 2.73 bits per heavy atom. The quantitative estimate of drug-likeness (QED) is 0.694. The third-order valence-corrected chi connectivity index (χ3v) is 8.28. The van der Waals surface area contributed by atoms with E-state index in [9.17, 15) is 13.2 Å². The molecule has 0 aliphatic carbocycles. The molecule has 0 saturated heterocycles. The molecule has 0 radical (unpaired) electrons. The fourth-order valence-electron chi connectivity index (χ4n) is 4.54. The molecule has 160 valence electrons. The SMILES string of the molecule is CC(=O)N1c2cc(S(=O)(=O)NCCN3CCCc4ccccc43)c(Br)cc2CC1C. The average Bonchev–Trinajstić information content (AvgIpc) is 3.02. The Morgan fingerprint density at radius 2 is 1.97 bits per heavy atom. The van der Waals surface area contributed by atoms with Crippen LogP contribution in [0.1, 0.15) is 31.4 Å². The molecule has 0 aromatic heterocycles. The maximum Gasteiger partial charge on any atom is 0.241 e. The number of hydrogen-bond donors (Lipinski definition) is 1. The summed E-state index contributed by atoms with van der Waals surface area (Å²) >= 11 is 3.42. The summed E-state index contributed by atoms with van der Waals surface area (Å²) in [4.78, 5) is 16.1. The summed E-state index contributed by atoms with van der Waals surface area (Å²) in [5, 5.41) is 0. The molecular formula is C22H26BrN3O3S. The van der Waals surface area contributed by atoms with Crippen LogP contribution in [-0.2, 0) is 27.7 Å². The van der Waals surface area contributed by atoms with Gasteiger partial charge in [-0.3, -0.25) is 4.79 Å². The lowest BCUT2D eigenvalue weighted by molar-refractivity contribution is -0.116. The van der Waals surface area contributed by atoms with Gasteiger partial charge >= 0.3 is 0 Å². The number of carbonyl (C=O) groups is 1. The molecule has 8 heteroatoms. The first-order chi connectivity index (χ1) is 14.3. The molecule has 30 heavy (non-hydrogen) atoms. The molecule has 6 nitrogen and oxygen atoms in total. The Kier molecular flexibility index (Phi) is 5.92. The van der Waals surface area contributed by atoms with E-state index in [1.807, 2.05) is 25.1 Å². The second-order valence-electron chi connectivity index (χ2n) is 7.97. The first-order valence-electron chi connectivity index (χ1n) is 10.2. The smallest absolute Gasteiger partial charge is 0.241 e. The maximum absolute atomic E-state index is 13.0. The number of amides is 1. The second-order valence-corrected chi connectivity index (χ2v) is 10.6. The monoisotopic (exact) mass is 491 g/mol. The zero-order chi connectivity index (χ0) is 21.5. The van der Waals surface area contributed by atoms with Crippen molar-refractivity contribution in [3.8, 4) is 0 Å². The van der Waals surface area contributed by atoms with E-state index in [4.69, 9.17) is 0 Å². The minimum absolute atomic E-state index is 0.0227. The Balaban J connectivity index is 1.51. The minimum Gasteiger partial charge on any atom is -0.370 e. The third kappa shape index (κ3) is 4.00. The standard InChI is InChI=1S/C22H26BrN3O3S/c1-15-12-18-13-19(23)22(14-21(18)26(15)16(2)27)30(28,29)24-9-11-25-10-5-7-17-6-3-4-8-20(17)25/h3-4,6,8,13-15,24H,5,7,9-12H2,1-2H3. The lowest BCUT2D eigenvalue weighted by Gasteiger charge is -2.31. The lowest BCUT2D eigenvalue weighted by atomic mass is 10.0. The van der Waals surface area contributed by atoms with Crippen LogP contribution in [-0.4, -0.2) is 40.0 Å². The molecule has 1 N–H and O–H groups in total. The third-order valence-electron chi connectivity index (χ3n) is 5.86. The van der Waals surface area contributed by atoms with Gasteiger partial charge < -0.3 is 9.80 Å². The number of nitrogens with zero attached hydrogens (tertiary/aromatic N) is 2. The van der Waals surface area contributed by atoms with Gasteiger partial charge in [0.15, 0.2) is 0 Å². The van der Waals surface area contributed by atoms with E-state index in [-0.39, 0.29) is 16.8 Å². The number of hydrogen-bond acceptors (Lipinski definition) is 4. The summed E-state index contributed by atoms with van der Waals surface area (Å²) in [5.41, 5.74) is 4.16. The van der Waals surface area contributed by atoms with Crippen molar-refractivity contribution in [2.24, 2.45) is 0 Å². The van der Waals surface area contributed by atoms with Crippen LogP contribution in [0.5, 0.6) is 0 Å². The molecule has 2 aliphatic heterocycles. The number of anilines is 2. The van der Waals surface area contributed by atoms with Crippen molar-refractivity contribution in [2.45, 2.75) is 44.0 Å². The first-order valence-corrected chi connectivity index (χ1v) is 12.5. The first kappa shape index (κ1) is 21.3. The van der Waals surface area contributed by atoms with E-state index in [0.29, 0.717) is 23.2 Å². The molecule has 1 atom stereocenters. The second kappa shape index (κ2) is 8.32. The van der Waals surface area contributed by atoms with E-state index < -0.39 is 10.0 Å². The molecule has 1 amide bonds. The normalized spacial score (nSPS) is 18.3. The van der Waals surface area contributed by atoms with Gasteiger partial charge in [0, 0.05) is 48.4 Å². The highest BCUT2D eigenvalue weighted by Gasteiger charge is 2.32. The topological polar surface area (TPSA) is 69.7 Å². The average molecular weight is 492 g/mol. The Labute approximate surface area is 186 Å². The van der Waals surface area contributed by atoms with E-state index in [1.165, 1.54) is 18.2 Å². The van der Waals surface area contributed by atoms with Crippen LogP contribution in [0.25, 0.3) is 0 Å². The molecule has 2 aliphatic rings. The van der Waals surface area contributed by atoms with Crippen molar-refractivity contribution in [1.29, 1.82) is 0 Å². The Morgan fingerprint density at radius 1 is 1.20 bits per heavy atom. The van der Waals surface area contributed by atoms with Crippen LogP contribution >= 0.6 is 15.9 Å². The van der Waals surface area contributed by atoms with Gasteiger partial charge in [0.05, 0.1) is 4.90 Å². The van der Waals surface area contributed by atoms with Crippen molar-refractivity contribution < 1.29 is 13.2 Å². The van der Waals surface area contributed by atoms with Gasteiger partial charge in [-0.1, -0.05) is 18.2 Å². The summed E-state index contributed by atoms with van der Waals surface area (Å²) in [7, 11) is -3.72. The van der Waals surface area contributed by atoms with Crippen LogP contribution < -0.4 is 14.5 Å². The highest BCUT2D eigenvalue weighted by molar-refractivity contribution is 9.10. The minimum atomic E-state index is -3.72. The van der Waals surface area contributed by atoms with Gasteiger partial charge in [-0.05, 0) is 71.4 Å². The summed E-state index contributed by atoms with van der Waals surface area (Å²) in [6.07, 6.45) is 2.85. The van der Waals surface area contributed by atoms with Gasteiger partial charge in [-0.2, -0.15) is 0 Å². The Hall–Kier alpha value is -1.90. The molecule has 4 rings (SSSR count). The highest BCUT2D eigenvalue weighted by Crippen LogP contribution is 2.38. The predicted molar refractivity (Wildman–Crippen MR) is 123 cm³/mol. The molecule has 0 bridgehead atoms. The largest absolute Gasteiger partial charge is 0.370 e. The van der Waals surface area contributed by atoms with Crippen molar-refractivity contribution in [3.05, 3.63) is 52.0 Å². The summed E-state index contributed by atoms with van der Waals surface area (Å²) in [5.74, 6) is -0.0800. The molecule has 1 unspecified atom stereocenters. The maximum atomic E-state index is 13.0. The van der Waals surface area contributed by atoms with E-state index in [0.717, 1.165) is 31.4 Å². The van der Waals surface area contributed by atoms with Gasteiger partial charge in [0.2, 0.25) is 15.9 Å². The number of halogens is 1. The molecule has 0 saturated carbocycles. The van der Waals surface area contributed by atoms with Crippen LogP contribution in [0.2, 0.25) is 0 Å². The van der Waals surface area contributed by atoms with Gasteiger partial charge in [0.25, 0.3) is 0 Å². The molecule has 2 aromatic rings. The fraction of sp³-hybridized carbons (Fsp3) is 0.409. The molecule has 0 spiro atoms. The van der Waals surface area contributed by atoms with Crippen LogP contribution in [0.4, 0.5) is 11.4 Å². The summed E-state index contributed by atoms with van der Waals surface area (Å²) in [6.45, 7) is 5.32. The zero-order valence-corrected chi connectivity index (χ0v) is 19.6. The molecule has 2 heterocycles. The van der Waals surface area contributed by atoms with Crippen LogP contribution in [0.3, 0.4) is 0 Å². The predicted octanol–water partition coefficient (Wildman–Crippen LogP) is 3.48. The fourth-order valence-corrected chi connectivity index (χ4v) is 6.67. The number of benzene rings is 2. The van der Waals surface area contributed by atoms with Crippen molar-refractivity contribution in [3.63, 3.8) is 0 Å². The van der Waals surface area contributed by atoms with Gasteiger partial charge in [-0.15, -0.1) is 0 Å². The van der Waals surface area contributed by atoms with Crippen molar-refractivity contribution >= 4 is 43.2 Å². The van der Waals surface area contributed by atoms with Gasteiger partial charge in [0.1, 0.15) is 0 Å². The molecule has 0 fully saturated rings. The number of sulfonamides is 1. The number of fused-ring (bicyclic) bond motifs is 2. The number of rotatable bonds is 5.